The molecule has 2 rings (SSSR count). The topological polar surface area (TPSA) is 75.7 Å². The van der Waals surface area contributed by atoms with E-state index in [0.717, 1.165) is 0 Å². The van der Waals surface area contributed by atoms with Crippen molar-refractivity contribution in [2.45, 2.75) is 26.2 Å². The van der Waals surface area contributed by atoms with Crippen LogP contribution in [0.5, 0.6) is 0 Å². The van der Waals surface area contributed by atoms with Gasteiger partial charge in [0.05, 0.1) is 23.2 Å². The highest BCUT2D eigenvalue weighted by atomic mass is 35.5. The van der Waals surface area contributed by atoms with Gasteiger partial charge in [0, 0.05) is 25.9 Å². The summed E-state index contributed by atoms with van der Waals surface area (Å²) in [6, 6.07) is 7.07. The van der Waals surface area contributed by atoms with Gasteiger partial charge in [-0.2, -0.15) is 0 Å². The summed E-state index contributed by atoms with van der Waals surface area (Å²) in [6.45, 7) is 2.80. The molecular weight excluding hydrogens is 332 g/mol. The minimum absolute atomic E-state index is 0.116. The molecule has 1 aliphatic heterocycles. The number of hydrogen-bond donors (Lipinski definition) is 1. The molecule has 130 valence electrons. The van der Waals surface area contributed by atoms with Crippen LogP contribution in [0.4, 0.5) is 5.69 Å². The lowest BCUT2D eigenvalue weighted by molar-refractivity contribution is -0.143. The standard InChI is InChI=1S/C17H21ClN2O4/c1-2-24-16(22)8-5-9-19-17(23)12-10-15(21)20(11-12)14-7-4-3-6-13(14)18/h3-4,6-7,12H,2,5,8-11H2,1H3,(H,19,23). The van der Waals surface area contributed by atoms with Gasteiger partial charge in [0.2, 0.25) is 11.8 Å². The van der Waals surface area contributed by atoms with Crippen molar-refractivity contribution in [3.8, 4) is 0 Å². The summed E-state index contributed by atoms with van der Waals surface area (Å²) in [7, 11) is 0. The highest BCUT2D eigenvalue weighted by Crippen LogP contribution is 2.30. The predicted octanol–water partition coefficient (Wildman–Crippen LogP) is 2.15. The third-order valence-corrected chi connectivity index (χ3v) is 4.12. The average Bonchev–Trinajstić information content (AvgIpc) is 2.94. The van der Waals surface area contributed by atoms with E-state index in [4.69, 9.17) is 16.3 Å². The van der Waals surface area contributed by atoms with Crippen molar-refractivity contribution in [3.63, 3.8) is 0 Å². The molecule has 24 heavy (non-hydrogen) atoms. The number of rotatable bonds is 7. The summed E-state index contributed by atoms with van der Waals surface area (Å²) < 4.78 is 4.82. The number of hydrogen-bond acceptors (Lipinski definition) is 4. The lowest BCUT2D eigenvalue weighted by Gasteiger charge is -2.18. The second kappa shape index (κ2) is 8.68. The second-order valence-corrected chi connectivity index (χ2v) is 5.96. The van der Waals surface area contributed by atoms with Crippen molar-refractivity contribution in [3.05, 3.63) is 29.3 Å². The molecule has 1 aromatic rings. The number of carbonyl (C=O) groups excluding carboxylic acids is 3. The Morgan fingerprint density at radius 2 is 2.12 bits per heavy atom. The number of carbonyl (C=O) groups is 3. The monoisotopic (exact) mass is 352 g/mol. The number of nitrogens with one attached hydrogen (secondary N) is 1. The second-order valence-electron chi connectivity index (χ2n) is 5.56. The molecule has 7 heteroatoms. The summed E-state index contributed by atoms with van der Waals surface area (Å²) in [5, 5.41) is 3.26. The van der Waals surface area contributed by atoms with Crippen LogP contribution in [0.25, 0.3) is 0 Å². The third-order valence-electron chi connectivity index (χ3n) is 3.80. The number of halogens is 1. The number of nitrogens with zero attached hydrogens (tertiary/aromatic N) is 1. The Morgan fingerprint density at radius 1 is 1.38 bits per heavy atom. The van der Waals surface area contributed by atoms with E-state index in [1.54, 1.807) is 36.1 Å². The smallest absolute Gasteiger partial charge is 0.305 e. The molecule has 1 heterocycles. The first kappa shape index (κ1) is 18.3. The first-order valence-electron chi connectivity index (χ1n) is 8.01. The zero-order valence-corrected chi connectivity index (χ0v) is 14.3. The van der Waals surface area contributed by atoms with Gasteiger partial charge in [-0.25, -0.2) is 0 Å². The van der Waals surface area contributed by atoms with Gasteiger partial charge >= 0.3 is 5.97 Å². The van der Waals surface area contributed by atoms with Crippen molar-refractivity contribution < 1.29 is 19.1 Å². The third kappa shape index (κ3) is 4.71. The van der Waals surface area contributed by atoms with Gasteiger partial charge in [-0.3, -0.25) is 14.4 Å². The zero-order chi connectivity index (χ0) is 17.5. The van der Waals surface area contributed by atoms with E-state index in [-0.39, 0.29) is 30.6 Å². The van der Waals surface area contributed by atoms with Gasteiger partial charge in [-0.05, 0) is 25.5 Å². The molecule has 6 nitrogen and oxygen atoms in total. The minimum atomic E-state index is -0.406. The summed E-state index contributed by atoms with van der Waals surface area (Å²) in [5.41, 5.74) is 0.627. The van der Waals surface area contributed by atoms with Gasteiger partial charge in [-0.15, -0.1) is 0 Å². The van der Waals surface area contributed by atoms with E-state index in [9.17, 15) is 14.4 Å². The number of ether oxygens (including phenoxy) is 1. The molecule has 1 saturated heterocycles. The molecule has 0 saturated carbocycles. The molecule has 1 aromatic carbocycles. The fourth-order valence-corrected chi connectivity index (χ4v) is 2.85. The predicted molar refractivity (Wildman–Crippen MR) is 90.8 cm³/mol. The van der Waals surface area contributed by atoms with Crippen LogP contribution in [-0.4, -0.2) is 37.5 Å². The van der Waals surface area contributed by atoms with Gasteiger partial charge in [-0.1, -0.05) is 23.7 Å². The number of amides is 2. The molecule has 0 bridgehead atoms. The maximum Gasteiger partial charge on any atom is 0.305 e. The molecule has 1 aliphatic rings. The largest absolute Gasteiger partial charge is 0.466 e. The Morgan fingerprint density at radius 3 is 2.83 bits per heavy atom. The Labute approximate surface area is 146 Å². The molecule has 0 aliphatic carbocycles. The summed E-state index contributed by atoms with van der Waals surface area (Å²) in [4.78, 5) is 37.1. The van der Waals surface area contributed by atoms with E-state index in [0.29, 0.717) is 36.8 Å². The molecule has 1 unspecified atom stereocenters. The van der Waals surface area contributed by atoms with Crippen LogP contribution >= 0.6 is 11.6 Å². The molecule has 0 spiro atoms. The van der Waals surface area contributed by atoms with Crippen molar-refractivity contribution in [2.75, 3.05) is 24.6 Å². The summed E-state index contributed by atoms with van der Waals surface area (Å²) in [6.07, 6.45) is 0.942. The van der Waals surface area contributed by atoms with Crippen LogP contribution < -0.4 is 10.2 Å². The maximum absolute atomic E-state index is 12.2. The Kier molecular flexibility index (Phi) is 6.61. The molecular formula is C17H21ClN2O4. The normalized spacial score (nSPS) is 17.0. The Bertz CT molecular complexity index is 620. The Hall–Kier alpha value is -2.08. The van der Waals surface area contributed by atoms with Crippen LogP contribution in [0.15, 0.2) is 24.3 Å². The quantitative estimate of drug-likeness (QED) is 0.602. The highest BCUT2D eigenvalue weighted by Gasteiger charge is 2.35. The summed E-state index contributed by atoms with van der Waals surface area (Å²) >= 11 is 6.12. The highest BCUT2D eigenvalue weighted by molar-refractivity contribution is 6.33. The van der Waals surface area contributed by atoms with E-state index >= 15 is 0 Å². The molecule has 0 radical (unpaired) electrons. The SMILES string of the molecule is CCOC(=O)CCCNC(=O)C1CC(=O)N(c2ccccc2Cl)C1. The first-order chi connectivity index (χ1) is 11.5. The Balaban J connectivity index is 1.81. The van der Waals surface area contributed by atoms with Gasteiger partial charge < -0.3 is 15.0 Å². The fraction of sp³-hybridized carbons (Fsp3) is 0.471. The lowest BCUT2D eigenvalue weighted by atomic mass is 10.1. The van der Waals surface area contributed by atoms with Crippen molar-refractivity contribution in [2.24, 2.45) is 5.92 Å². The van der Waals surface area contributed by atoms with E-state index in [1.807, 2.05) is 0 Å². The van der Waals surface area contributed by atoms with Crippen LogP contribution in [0.1, 0.15) is 26.2 Å². The van der Waals surface area contributed by atoms with Gasteiger partial charge in [0.15, 0.2) is 0 Å². The average molecular weight is 353 g/mol. The fourth-order valence-electron chi connectivity index (χ4n) is 2.61. The molecule has 0 aromatic heterocycles. The molecule has 1 atom stereocenters. The first-order valence-corrected chi connectivity index (χ1v) is 8.39. The minimum Gasteiger partial charge on any atom is -0.466 e. The number of para-hydroxylation sites is 1. The van der Waals surface area contributed by atoms with E-state index < -0.39 is 5.92 Å². The van der Waals surface area contributed by atoms with E-state index in [1.165, 1.54) is 0 Å². The van der Waals surface area contributed by atoms with Crippen molar-refractivity contribution >= 4 is 35.1 Å². The molecule has 1 N–H and O–H groups in total. The van der Waals surface area contributed by atoms with Crippen molar-refractivity contribution in [1.29, 1.82) is 0 Å². The van der Waals surface area contributed by atoms with Crippen LogP contribution in [0.2, 0.25) is 5.02 Å². The van der Waals surface area contributed by atoms with Gasteiger partial charge in [0.25, 0.3) is 0 Å². The van der Waals surface area contributed by atoms with Gasteiger partial charge in [0.1, 0.15) is 0 Å². The number of esters is 1. The van der Waals surface area contributed by atoms with Crippen LogP contribution in [0.3, 0.4) is 0 Å². The number of benzene rings is 1. The van der Waals surface area contributed by atoms with Crippen molar-refractivity contribution in [1.82, 2.24) is 5.32 Å². The van der Waals surface area contributed by atoms with Crippen LogP contribution in [0, 0.1) is 5.92 Å². The van der Waals surface area contributed by atoms with E-state index in [2.05, 4.69) is 5.32 Å². The maximum atomic E-state index is 12.2. The van der Waals surface area contributed by atoms with Crippen LogP contribution in [-0.2, 0) is 19.1 Å². The molecule has 2 amide bonds. The lowest BCUT2D eigenvalue weighted by Crippen LogP contribution is -2.33. The zero-order valence-electron chi connectivity index (χ0n) is 13.6. The molecule has 1 fully saturated rings. The number of anilines is 1. The summed E-state index contributed by atoms with van der Waals surface area (Å²) in [5.74, 6) is -0.972.